The van der Waals surface area contributed by atoms with Crippen LogP contribution in [0.3, 0.4) is 0 Å². The van der Waals surface area contributed by atoms with E-state index in [1.54, 1.807) is 9.80 Å². The molecule has 2 aliphatic carbocycles. The highest BCUT2D eigenvalue weighted by molar-refractivity contribution is 5.87. The Morgan fingerprint density at radius 3 is 0.952 bits per heavy atom. The number of alkyl carbamates (subject to hydrolysis) is 2. The zero-order valence-corrected chi connectivity index (χ0v) is 63.0. The maximum atomic E-state index is 13.5. The van der Waals surface area contributed by atoms with Gasteiger partial charge in [0.05, 0.1) is 73.9 Å². The molecule has 552 valence electrons. The number of rotatable bonds is 22. The molecule has 0 radical (unpaired) electrons. The van der Waals surface area contributed by atoms with Crippen LogP contribution in [0.5, 0.6) is 0 Å². The van der Waals surface area contributed by atoms with Gasteiger partial charge < -0.3 is 59.6 Å². The monoisotopic (exact) mass is 1410 g/mol. The zero-order chi connectivity index (χ0) is 74.2. The van der Waals surface area contributed by atoms with Crippen molar-refractivity contribution in [3.8, 4) is 67.3 Å². The Balaban J connectivity index is 0.000000208. The van der Waals surface area contributed by atoms with Gasteiger partial charge in [0.25, 0.3) is 0 Å². The van der Waals surface area contributed by atoms with Crippen LogP contribution in [-0.2, 0) is 28.7 Å². The number of hydrogen-bond acceptors (Lipinski definition) is 12. The van der Waals surface area contributed by atoms with Crippen LogP contribution in [0, 0.1) is 35.5 Å². The minimum Gasteiger partial charge on any atom is -0.453 e. The van der Waals surface area contributed by atoms with Crippen molar-refractivity contribution in [1.29, 1.82) is 0 Å². The first-order valence-electron chi connectivity index (χ1n) is 37.4. The molecule has 0 bridgehead atoms. The fourth-order valence-electron chi connectivity index (χ4n) is 15.4. The van der Waals surface area contributed by atoms with Crippen LogP contribution in [-0.4, -0.2) is 161 Å². The number of carbonyl (C=O) groups is 6. The van der Waals surface area contributed by atoms with Crippen LogP contribution in [0.2, 0.25) is 0 Å². The molecule has 4 aliphatic rings. The molecular weight excluding hydrogens is 1310 g/mol. The molecule has 2 aliphatic heterocycles. The van der Waals surface area contributed by atoms with Crippen molar-refractivity contribution < 1.29 is 38.2 Å². The van der Waals surface area contributed by atoms with Gasteiger partial charge in [-0.3, -0.25) is 19.2 Å². The Kier molecular flexibility index (Phi) is 24.1. The second kappa shape index (κ2) is 33.3. The summed E-state index contributed by atoms with van der Waals surface area (Å²) in [4.78, 5) is 118. The minimum atomic E-state index is -0.664. The van der Waals surface area contributed by atoms with Gasteiger partial charge in [0.15, 0.2) is 0 Å². The molecular formula is C82H106N14O8. The van der Waals surface area contributed by atoms with Crippen molar-refractivity contribution in [2.75, 3.05) is 41.4 Å². The summed E-state index contributed by atoms with van der Waals surface area (Å²) < 4.78 is 9.52. The second-order valence-electron chi connectivity index (χ2n) is 30.3. The number of nitrogens with one attached hydrogen (secondary N) is 6. The van der Waals surface area contributed by atoms with Crippen LogP contribution in [0.4, 0.5) is 9.59 Å². The molecule has 0 unspecified atom stereocenters. The predicted octanol–water partition coefficient (Wildman–Crippen LogP) is 15.1. The highest BCUT2D eigenvalue weighted by Gasteiger charge is 2.42. The first-order valence-corrected chi connectivity index (χ1v) is 37.4. The van der Waals surface area contributed by atoms with Gasteiger partial charge in [-0.05, 0) is 120 Å². The third-order valence-electron chi connectivity index (χ3n) is 22.4. The number of likely N-dealkylation sites (tertiary alicyclic amines) is 2. The van der Waals surface area contributed by atoms with E-state index in [0.29, 0.717) is 11.8 Å². The van der Waals surface area contributed by atoms with Crippen LogP contribution in [0.25, 0.3) is 67.3 Å². The molecule has 8 aromatic rings. The van der Waals surface area contributed by atoms with E-state index in [0.717, 1.165) is 168 Å². The SMILES string of the molecule is COC(=O)N[C@H](C(=O)N(C)[C@@H]1CCC[C@H]1c1ncc(-c2ccc(-c3ccc(-c4cnc([C@@H]5CCCN5C(=O)[C@@H](C)C(C)C)[nH]4)cc3)cc2)[nH]1)C(C)C.COC(=O)N[C@H](C(=O)N(C)[C@@H]1CCC[C@H]1c1ncc(-c2ccc(-c3ccc(-c4cnc([C@@H]5CCCN5C(=O)[C@@H](C)C(C)C)[nH]4)cc3)cc2)[nH]1)C(C)C. The number of benzene rings is 4. The van der Waals surface area contributed by atoms with E-state index in [2.05, 4.69) is 155 Å². The van der Waals surface area contributed by atoms with Crippen LogP contribution in [0.1, 0.15) is 181 Å². The van der Waals surface area contributed by atoms with Crippen molar-refractivity contribution in [1.82, 2.24) is 70.1 Å². The zero-order valence-electron chi connectivity index (χ0n) is 63.0. The lowest BCUT2D eigenvalue weighted by Gasteiger charge is -2.33. The molecule has 4 aromatic heterocycles. The quantitative estimate of drug-likeness (QED) is 0.0370. The molecule has 2 saturated carbocycles. The van der Waals surface area contributed by atoms with Crippen LogP contribution in [0.15, 0.2) is 122 Å². The summed E-state index contributed by atoms with van der Waals surface area (Å²) in [5.74, 6) is 4.22. The van der Waals surface area contributed by atoms with Gasteiger partial charge in [0, 0.05) is 62.9 Å². The topological polar surface area (TPSA) is 273 Å². The van der Waals surface area contributed by atoms with E-state index in [1.165, 1.54) is 14.2 Å². The van der Waals surface area contributed by atoms with Crippen molar-refractivity contribution >= 4 is 35.8 Å². The summed E-state index contributed by atoms with van der Waals surface area (Å²) >= 11 is 0. The molecule has 6 heterocycles. The first-order chi connectivity index (χ1) is 49.9. The molecule has 6 N–H and O–H groups in total. The molecule has 22 heteroatoms. The molecule has 2 saturated heterocycles. The van der Waals surface area contributed by atoms with E-state index < -0.39 is 24.3 Å². The second-order valence-corrected chi connectivity index (χ2v) is 30.3. The lowest BCUT2D eigenvalue weighted by molar-refractivity contribution is -0.138. The first kappa shape index (κ1) is 75.3. The standard InChI is InChI=1S/2C41H53N7O4/c2*1-24(2)26(5)39(49)48-21-9-12-35(48)38-43-23-33(45-38)30-19-15-28(16-20-30)27-13-17-29(18-14-27)32-22-42-37(44-32)31-10-8-11-34(31)47(6)40(50)36(25(3)4)46-41(51)52-7/h2*13-20,22-26,31,34-36H,8-12,21H2,1-7H3,(H,42,44)(H,43,45)(H,46,51)/t2*26-,31+,34+,35-,36-/m00/s1. The summed E-state index contributed by atoms with van der Waals surface area (Å²) in [5.41, 5.74) is 12.4. The predicted molar refractivity (Wildman–Crippen MR) is 404 cm³/mol. The van der Waals surface area contributed by atoms with E-state index in [-0.39, 0.29) is 83.3 Å². The van der Waals surface area contributed by atoms with Crippen LogP contribution < -0.4 is 10.6 Å². The summed E-state index contributed by atoms with van der Waals surface area (Å²) in [6.07, 6.45) is 15.7. The number of aromatic amines is 4. The molecule has 4 aromatic carbocycles. The summed E-state index contributed by atoms with van der Waals surface area (Å²) in [6, 6.07) is 32.4. The van der Waals surface area contributed by atoms with Gasteiger partial charge in [-0.2, -0.15) is 0 Å². The lowest BCUT2D eigenvalue weighted by Crippen LogP contribution is -2.53. The number of methoxy groups -OCH3 is 2. The minimum absolute atomic E-state index is 0.00403. The Morgan fingerprint density at radius 1 is 0.394 bits per heavy atom. The highest BCUT2D eigenvalue weighted by atomic mass is 16.5. The third-order valence-corrected chi connectivity index (χ3v) is 22.4. The van der Waals surface area contributed by atoms with Crippen LogP contribution >= 0.6 is 0 Å². The average molecular weight is 1420 g/mol. The number of imidazole rings is 4. The Labute approximate surface area is 612 Å². The van der Waals surface area contributed by atoms with E-state index in [9.17, 15) is 28.8 Å². The third kappa shape index (κ3) is 16.7. The molecule has 22 nitrogen and oxygen atoms in total. The van der Waals surface area contributed by atoms with Gasteiger partial charge in [-0.25, -0.2) is 29.5 Å². The summed E-state index contributed by atoms with van der Waals surface area (Å²) in [5, 5.41) is 5.41. The lowest BCUT2D eigenvalue weighted by atomic mass is 9.96. The molecule has 4 fully saturated rings. The maximum absolute atomic E-state index is 13.5. The number of ether oxygens (including phenoxy) is 2. The van der Waals surface area contributed by atoms with E-state index in [1.807, 2.05) is 90.2 Å². The number of nitrogens with zero attached hydrogens (tertiary/aromatic N) is 8. The van der Waals surface area contributed by atoms with Crippen molar-refractivity contribution in [3.63, 3.8) is 0 Å². The average Bonchev–Trinajstić information content (AvgIpc) is 1.65. The van der Waals surface area contributed by atoms with E-state index >= 15 is 0 Å². The normalized spacial score (nSPS) is 19.9. The Morgan fingerprint density at radius 2 is 0.673 bits per heavy atom. The maximum Gasteiger partial charge on any atom is 0.407 e. The Hall–Kier alpha value is -9.86. The Bertz CT molecular complexity index is 3960. The number of aromatic nitrogens is 8. The number of H-pyrrole nitrogens is 4. The molecule has 10 atom stereocenters. The molecule has 12 rings (SSSR count). The molecule has 0 spiro atoms. The van der Waals surface area contributed by atoms with Gasteiger partial charge in [0.1, 0.15) is 35.4 Å². The number of likely N-dealkylation sites (N-methyl/N-ethyl adjacent to an activating group) is 2. The van der Waals surface area contributed by atoms with Gasteiger partial charge in [-0.15, -0.1) is 0 Å². The largest absolute Gasteiger partial charge is 0.453 e. The fraction of sp³-hybridized carbons (Fsp3) is 0.488. The molecule has 6 amide bonds. The smallest absolute Gasteiger partial charge is 0.407 e. The van der Waals surface area contributed by atoms with Crippen molar-refractivity contribution in [3.05, 3.63) is 145 Å². The fourth-order valence-corrected chi connectivity index (χ4v) is 15.4. The number of amides is 6. The highest BCUT2D eigenvalue weighted by Crippen LogP contribution is 2.41. The van der Waals surface area contributed by atoms with Crippen molar-refractivity contribution in [2.45, 2.75) is 182 Å². The number of carbonyl (C=O) groups excluding carboxylic acids is 6. The van der Waals surface area contributed by atoms with Gasteiger partial charge in [-0.1, -0.05) is 179 Å². The summed E-state index contributed by atoms with van der Waals surface area (Å²) in [7, 11) is 6.25. The van der Waals surface area contributed by atoms with Gasteiger partial charge >= 0.3 is 12.2 Å². The van der Waals surface area contributed by atoms with E-state index in [4.69, 9.17) is 29.4 Å². The van der Waals surface area contributed by atoms with Crippen molar-refractivity contribution in [2.24, 2.45) is 35.5 Å². The number of hydrogen-bond donors (Lipinski definition) is 6. The molecule has 104 heavy (non-hydrogen) atoms. The summed E-state index contributed by atoms with van der Waals surface area (Å²) in [6.45, 7) is 21.7. The van der Waals surface area contributed by atoms with Gasteiger partial charge in [0.2, 0.25) is 23.6 Å².